The fourth-order valence-electron chi connectivity index (χ4n) is 1.87. The molecule has 1 aliphatic rings. The molecule has 0 spiro atoms. The van der Waals surface area contributed by atoms with Gasteiger partial charge >= 0.3 is 0 Å². The van der Waals surface area contributed by atoms with Gasteiger partial charge in [-0.15, -0.1) is 0 Å². The molecule has 3 heteroatoms. The standard InChI is InChI=1S/C17H15N3/c1-2-9-17(10-3-1)18-13-15-7-6-8-16(15)14-19-20-11-4-5-12-20/h1-14,18H/b15-13-,19-14+/i18+1,19+1,20+1/hD. The first kappa shape index (κ1) is 11.1. The van der Waals surface area contributed by atoms with Crippen molar-refractivity contribution in [3.05, 3.63) is 90.4 Å². The maximum Gasteiger partial charge on any atom is 0.166 e. The molecule has 0 unspecified atom stereocenters. The van der Waals surface area contributed by atoms with Gasteiger partial charge in [0.25, 0.3) is 0 Å². The summed E-state index contributed by atoms with van der Waals surface area (Å²) in [5.41, 5.74) is 2.77. The highest BCUT2D eigenvalue weighted by atomic mass is 16.2. The number of rotatable bonds is 4. The second-order valence-electron chi connectivity index (χ2n) is 4.34. The molecule has 0 bridgehead atoms. The molecule has 3 nitrogen and oxygen atoms in total. The molecular formula is C17H15N3. The third-order valence-corrected chi connectivity index (χ3v) is 2.91. The van der Waals surface area contributed by atoms with Crippen LogP contribution >= 0.6 is 0 Å². The maximum atomic E-state index is 8.09. The van der Waals surface area contributed by atoms with Crippen molar-refractivity contribution in [3.8, 4) is 0 Å². The number of hydrogen-bond donors (Lipinski definition) is 1. The van der Waals surface area contributed by atoms with Crippen molar-refractivity contribution < 1.29 is 1.41 Å². The molecule has 1 N–H and O–H groups in total. The van der Waals surface area contributed by atoms with Crippen molar-refractivity contribution in [1.29, 1.82) is 0 Å². The highest BCUT2D eigenvalue weighted by molar-refractivity contribution is 5.88. The fourth-order valence-corrected chi connectivity index (χ4v) is 1.87. The summed E-state index contributed by atoms with van der Waals surface area (Å²) in [6.45, 7) is 0. The van der Waals surface area contributed by atoms with E-state index in [4.69, 9.17) is 1.41 Å². The number of aromatic nitrogens is 1. The van der Waals surface area contributed by atoms with Gasteiger partial charge in [-0.25, -0.2) is 4.68 Å². The molecule has 0 amide bonds. The van der Waals surface area contributed by atoms with Crippen LogP contribution < -0.4 is 5.31 Å². The summed E-state index contributed by atoms with van der Waals surface area (Å²) in [7, 11) is 0. The van der Waals surface area contributed by atoms with Crippen LogP contribution in [-0.4, -0.2) is 10.9 Å². The quantitative estimate of drug-likeness (QED) is 0.661. The van der Waals surface area contributed by atoms with Crippen LogP contribution in [0.1, 0.15) is 0 Å². The van der Waals surface area contributed by atoms with Gasteiger partial charge in [-0.1, -0.05) is 36.4 Å². The lowest BCUT2D eigenvalue weighted by atomic mass is 10.2. The molecule has 1 aromatic heterocycles. The van der Waals surface area contributed by atoms with Gasteiger partial charge < -0.3 is 5.31 Å². The molecule has 0 aliphatic heterocycles. The minimum atomic E-state index is 0.826. The predicted octanol–water partition coefficient (Wildman–Crippen LogP) is 3.81. The zero-order valence-electron chi connectivity index (χ0n) is 11.9. The summed E-state index contributed by atoms with van der Waals surface area (Å²) >= 11 is 0. The molecule has 0 fully saturated rings. The Kier molecular flexibility index (Phi) is 3.25. The summed E-state index contributed by atoms with van der Waals surface area (Å²) < 4.78 is 9.83. The van der Waals surface area contributed by atoms with Gasteiger partial charge in [-0.3, -0.25) is 0 Å². The van der Waals surface area contributed by atoms with E-state index in [1.165, 1.54) is 5.31 Å². The van der Waals surface area contributed by atoms with Gasteiger partial charge in [0.05, 0.1) is 6.21 Å². The van der Waals surface area contributed by atoms with E-state index in [0.717, 1.165) is 16.8 Å². The van der Waals surface area contributed by atoms with E-state index in [9.17, 15) is 0 Å². The highest BCUT2D eigenvalue weighted by Crippen LogP contribution is 2.17. The average molecular weight is 265 g/mol. The monoisotopic (exact) mass is 265 g/mol. The van der Waals surface area contributed by atoms with E-state index >= 15 is 0 Å². The van der Waals surface area contributed by atoms with Crippen molar-refractivity contribution in [2.24, 2.45) is 5.10 Å². The Hall–Kier alpha value is -2.81. The minimum absolute atomic E-state index is 0.826. The number of nitrogens with one attached hydrogen (secondary N) is 1. The molecule has 0 saturated heterocycles. The van der Waals surface area contributed by atoms with Crippen molar-refractivity contribution >= 4 is 11.9 Å². The fraction of sp³-hybridized carbons (Fsp3) is 0. The van der Waals surface area contributed by atoms with Gasteiger partial charge in [0.2, 0.25) is 0 Å². The van der Waals surface area contributed by atoms with Crippen LogP contribution in [0.2, 0.25) is 1.41 Å². The number of allylic oxidation sites excluding steroid dienone is 5. The van der Waals surface area contributed by atoms with Gasteiger partial charge in [0, 0.05) is 29.9 Å². The van der Waals surface area contributed by atoms with Gasteiger partial charge in [0.15, 0.2) is 1.41 Å². The summed E-state index contributed by atoms with van der Waals surface area (Å²) in [6.07, 6.45) is 13.3. The Balaban J connectivity index is 1.77. The lowest BCUT2D eigenvalue weighted by Crippen LogP contribution is -1.94. The summed E-state index contributed by atoms with van der Waals surface area (Å²) in [5.74, 6) is 0. The van der Waals surface area contributed by atoms with Crippen molar-refractivity contribution in [2.45, 2.75) is 0 Å². The van der Waals surface area contributed by atoms with E-state index in [0.29, 0.717) is 0 Å². The van der Waals surface area contributed by atoms with Gasteiger partial charge in [-0.2, -0.15) is 5.10 Å². The summed E-state index contributed by atoms with van der Waals surface area (Å²) in [5, 5.41) is 5.70. The van der Waals surface area contributed by atoms with Gasteiger partial charge in [0.1, 0.15) is 0 Å². The molecular weight excluding hydrogens is 249 g/mol. The zero-order chi connectivity index (χ0) is 14.5. The number of benzene rings is 1. The Bertz CT molecular complexity index is 710. The van der Waals surface area contributed by atoms with Crippen molar-refractivity contribution in [2.75, 3.05) is 5.31 Å². The minimum Gasteiger partial charge on any atom is -0.361 e. The molecule has 2 aromatic rings. The molecule has 0 atom stereocenters. The Labute approximate surface area is 119 Å². The first-order valence-corrected chi connectivity index (χ1v) is 6.44. The van der Waals surface area contributed by atoms with E-state index < -0.39 is 0 Å². The van der Waals surface area contributed by atoms with Crippen LogP contribution in [0, 0.1) is 0 Å². The lowest BCUT2D eigenvalue weighted by Gasteiger charge is -2.03. The van der Waals surface area contributed by atoms with Crippen LogP contribution in [0.3, 0.4) is 0 Å². The van der Waals surface area contributed by atoms with Crippen LogP contribution in [0.25, 0.3) is 0 Å². The SMILES string of the molecule is [2H][15N](/C=C1/C=CC=C1/C=[15N]/[15n]1cccc1)c1ccccc1. The molecule has 98 valence electrons. The third-order valence-electron chi connectivity index (χ3n) is 2.91. The van der Waals surface area contributed by atoms with Crippen molar-refractivity contribution in [3.63, 3.8) is 0 Å². The third kappa shape index (κ3) is 2.95. The average Bonchev–Trinajstić information content (AvgIpc) is 3.17. The zero-order valence-corrected chi connectivity index (χ0v) is 10.9. The molecule has 1 heterocycles. The highest BCUT2D eigenvalue weighted by Gasteiger charge is 2.03. The van der Waals surface area contributed by atoms with E-state index in [1.807, 2.05) is 73.1 Å². The molecule has 3 rings (SSSR count). The normalized spacial score (nSPS) is 16.7. The van der Waals surface area contributed by atoms with Crippen LogP contribution in [0.5, 0.6) is 0 Å². The van der Waals surface area contributed by atoms with Crippen LogP contribution in [0.4, 0.5) is 5.69 Å². The summed E-state index contributed by atoms with van der Waals surface area (Å²) in [6, 6.07) is 13.4. The van der Waals surface area contributed by atoms with Gasteiger partial charge in [-0.05, 0) is 29.8 Å². The van der Waals surface area contributed by atoms with Crippen LogP contribution in [-0.2, 0) is 0 Å². The van der Waals surface area contributed by atoms with Crippen LogP contribution in [0.15, 0.2) is 95.5 Å². The molecule has 0 radical (unpaired) electrons. The Morgan fingerprint density at radius 3 is 2.70 bits per heavy atom. The van der Waals surface area contributed by atoms with Crippen molar-refractivity contribution in [1.82, 2.24) is 4.68 Å². The predicted molar refractivity (Wildman–Crippen MR) is 83.7 cm³/mol. The number of anilines is 1. The Morgan fingerprint density at radius 2 is 1.90 bits per heavy atom. The first-order chi connectivity index (χ1) is 10.3. The maximum absolute atomic E-state index is 8.09. The molecule has 1 aliphatic carbocycles. The molecule has 20 heavy (non-hydrogen) atoms. The smallest absolute Gasteiger partial charge is 0.166 e. The lowest BCUT2D eigenvalue weighted by molar-refractivity contribution is 0.894. The van der Waals surface area contributed by atoms with E-state index in [2.05, 4.69) is 5.10 Å². The first-order valence-electron chi connectivity index (χ1n) is 6.89. The second-order valence-corrected chi connectivity index (χ2v) is 4.34. The topological polar surface area (TPSA) is 29.3 Å². The molecule has 1 aromatic carbocycles. The second kappa shape index (κ2) is 5.89. The van der Waals surface area contributed by atoms with E-state index in [1.54, 1.807) is 17.1 Å². The number of para-hydroxylation sites is 1. The number of nitrogens with zero attached hydrogens (tertiary/aromatic N) is 2. The largest absolute Gasteiger partial charge is 0.361 e. The Morgan fingerprint density at radius 1 is 1.10 bits per heavy atom. The van der Waals surface area contributed by atoms with E-state index in [-0.39, 0.29) is 0 Å². The number of hydrogen-bond acceptors (Lipinski definition) is 2. The summed E-state index contributed by atoms with van der Waals surface area (Å²) in [4.78, 5) is 0. The molecule has 0 saturated carbocycles.